The molecular weight excluding hydrogens is 240 g/mol. The van der Waals surface area contributed by atoms with E-state index in [0.29, 0.717) is 6.04 Å². The topological polar surface area (TPSA) is 24.9 Å². The Morgan fingerprint density at radius 1 is 1.22 bits per heavy atom. The van der Waals surface area contributed by atoms with Crippen molar-refractivity contribution in [3.05, 3.63) is 15.6 Å². The maximum absolute atomic E-state index is 4.95. The average Bonchev–Trinajstić information content (AvgIpc) is 3.02. The van der Waals surface area contributed by atoms with Gasteiger partial charge in [-0.15, -0.1) is 11.3 Å². The van der Waals surface area contributed by atoms with Gasteiger partial charge in [-0.2, -0.15) is 0 Å². The number of fused-ring (bicyclic) bond motifs is 1. The summed E-state index contributed by atoms with van der Waals surface area (Å²) in [5.74, 6) is 0. The van der Waals surface area contributed by atoms with Crippen LogP contribution >= 0.6 is 11.3 Å². The lowest BCUT2D eigenvalue weighted by molar-refractivity contribution is 0.269. The number of thiazole rings is 1. The van der Waals surface area contributed by atoms with Crippen molar-refractivity contribution in [3.63, 3.8) is 0 Å². The zero-order valence-corrected chi connectivity index (χ0v) is 12.6. The molecule has 0 radical (unpaired) electrons. The van der Waals surface area contributed by atoms with Crippen LogP contribution in [0, 0.1) is 5.41 Å². The Morgan fingerprint density at radius 3 is 2.56 bits per heavy atom. The van der Waals surface area contributed by atoms with Crippen LogP contribution in [0.4, 0.5) is 0 Å². The number of hydrogen-bond acceptors (Lipinski definition) is 3. The van der Waals surface area contributed by atoms with Crippen molar-refractivity contribution in [2.24, 2.45) is 5.41 Å². The molecule has 0 aliphatic heterocycles. The number of rotatable bonds is 3. The van der Waals surface area contributed by atoms with Gasteiger partial charge in [-0.25, -0.2) is 4.98 Å². The van der Waals surface area contributed by atoms with Gasteiger partial charge in [-0.05, 0) is 43.9 Å². The Morgan fingerprint density at radius 2 is 1.94 bits per heavy atom. The molecule has 0 saturated heterocycles. The summed E-state index contributed by atoms with van der Waals surface area (Å²) in [4.78, 5) is 6.51. The third-order valence-electron chi connectivity index (χ3n) is 3.95. The minimum atomic E-state index is 0.253. The van der Waals surface area contributed by atoms with Crippen LogP contribution in [0.1, 0.15) is 68.1 Å². The third kappa shape index (κ3) is 2.62. The molecule has 3 rings (SSSR count). The maximum atomic E-state index is 4.95. The van der Waals surface area contributed by atoms with Crippen molar-refractivity contribution in [2.75, 3.05) is 0 Å². The van der Waals surface area contributed by atoms with Gasteiger partial charge in [-0.3, -0.25) is 0 Å². The van der Waals surface area contributed by atoms with E-state index in [0.717, 1.165) is 6.04 Å². The monoisotopic (exact) mass is 264 g/mol. The first-order valence-electron chi connectivity index (χ1n) is 7.28. The first-order valence-corrected chi connectivity index (χ1v) is 8.10. The molecule has 18 heavy (non-hydrogen) atoms. The summed E-state index contributed by atoms with van der Waals surface area (Å²) in [5.41, 5.74) is 1.65. The first kappa shape index (κ1) is 12.6. The molecule has 0 amide bonds. The highest BCUT2D eigenvalue weighted by atomic mass is 32.1. The number of hydrogen-bond donors (Lipinski definition) is 1. The Balaban J connectivity index is 1.86. The van der Waals surface area contributed by atoms with Gasteiger partial charge in [0.05, 0.1) is 11.7 Å². The van der Waals surface area contributed by atoms with Gasteiger partial charge in [0.1, 0.15) is 5.01 Å². The number of nitrogens with one attached hydrogen (secondary N) is 1. The molecule has 1 aromatic heterocycles. The Hall–Kier alpha value is -0.410. The zero-order chi connectivity index (χ0) is 12.8. The highest BCUT2D eigenvalue weighted by Crippen LogP contribution is 2.39. The fourth-order valence-electron chi connectivity index (χ4n) is 2.67. The first-order chi connectivity index (χ1) is 8.54. The van der Waals surface area contributed by atoms with Gasteiger partial charge >= 0.3 is 0 Å². The van der Waals surface area contributed by atoms with Crippen LogP contribution in [-0.2, 0) is 12.8 Å². The molecule has 2 aliphatic rings. The molecule has 0 spiro atoms. The van der Waals surface area contributed by atoms with Crippen molar-refractivity contribution < 1.29 is 0 Å². The van der Waals surface area contributed by atoms with Crippen LogP contribution in [0.2, 0.25) is 0 Å². The maximum Gasteiger partial charge on any atom is 0.111 e. The quantitative estimate of drug-likeness (QED) is 0.896. The predicted octanol–water partition coefficient (Wildman–Crippen LogP) is 3.86. The molecule has 2 nitrogen and oxygen atoms in total. The largest absolute Gasteiger partial charge is 0.305 e. The second kappa shape index (κ2) is 4.61. The van der Waals surface area contributed by atoms with Crippen LogP contribution in [0.5, 0.6) is 0 Å². The zero-order valence-electron chi connectivity index (χ0n) is 11.8. The standard InChI is InChI=1S/C15H24N2S/c1-15(2,3)13(16-10-8-9-10)14-17-11-6-4-5-7-12(11)18-14/h10,13,16H,4-9H2,1-3H3. The van der Waals surface area contributed by atoms with E-state index in [9.17, 15) is 0 Å². The Bertz CT molecular complexity index is 403. The molecular formula is C15H24N2S. The van der Waals surface area contributed by atoms with E-state index in [1.807, 2.05) is 11.3 Å². The van der Waals surface area contributed by atoms with Crippen LogP contribution in [0.25, 0.3) is 0 Å². The van der Waals surface area contributed by atoms with E-state index in [1.165, 1.54) is 49.2 Å². The van der Waals surface area contributed by atoms with E-state index in [-0.39, 0.29) is 5.41 Å². The lowest BCUT2D eigenvalue weighted by Crippen LogP contribution is -2.33. The van der Waals surface area contributed by atoms with E-state index in [1.54, 1.807) is 4.88 Å². The van der Waals surface area contributed by atoms with Crippen LogP contribution in [-0.4, -0.2) is 11.0 Å². The lowest BCUT2D eigenvalue weighted by Gasteiger charge is -2.30. The summed E-state index contributed by atoms with van der Waals surface area (Å²) in [6, 6.07) is 1.18. The third-order valence-corrected chi connectivity index (χ3v) is 5.18. The van der Waals surface area contributed by atoms with Crippen molar-refractivity contribution in [3.8, 4) is 0 Å². The predicted molar refractivity (Wildman–Crippen MR) is 77.1 cm³/mol. The fraction of sp³-hybridized carbons (Fsp3) is 0.800. The molecule has 1 heterocycles. The number of nitrogens with zero attached hydrogens (tertiary/aromatic N) is 1. The highest BCUT2D eigenvalue weighted by Gasteiger charge is 2.34. The SMILES string of the molecule is CC(C)(C)C(NC1CC1)c1nc2c(s1)CCCC2. The second-order valence-corrected chi connectivity index (χ2v) is 7.98. The normalized spacial score (nSPS) is 21.7. The molecule has 1 fully saturated rings. The molecule has 2 aliphatic carbocycles. The van der Waals surface area contributed by atoms with Crippen LogP contribution in [0.15, 0.2) is 0 Å². The van der Waals surface area contributed by atoms with E-state index in [4.69, 9.17) is 4.98 Å². The van der Waals surface area contributed by atoms with Gasteiger partial charge in [0, 0.05) is 10.9 Å². The molecule has 3 heteroatoms. The van der Waals surface area contributed by atoms with Crippen molar-refractivity contribution in [1.29, 1.82) is 0 Å². The second-order valence-electron chi connectivity index (χ2n) is 6.87. The van der Waals surface area contributed by atoms with E-state index in [2.05, 4.69) is 26.1 Å². The smallest absolute Gasteiger partial charge is 0.111 e. The van der Waals surface area contributed by atoms with Gasteiger partial charge in [0.15, 0.2) is 0 Å². The summed E-state index contributed by atoms with van der Waals surface area (Å²) >= 11 is 1.97. The molecule has 1 atom stereocenters. The summed E-state index contributed by atoms with van der Waals surface area (Å²) in [6.45, 7) is 6.98. The molecule has 1 N–H and O–H groups in total. The van der Waals surface area contributed by atoms with Gasteiger partial charge in [0.2, 0.25) is 0 Å². The number of aryl methyl sites for hydroxylation is 2. The van der Waals surface area contributed by atoms with Crippen molar-refractivity contribution in [2.45, 2.75) is 71.4 Å². The summed E-state index contributed by atoms with van der Waals surface area (Å²) in [6.07, 6.45) is 7.83. The molecule has 1 unspecified atom stereocenters. The van der Waals surface area contributed by atoms with Crippen molar-refractivity contribution >= 4 is 11.3 Å². The molecule has 1 aromatic rings. The lowest BCUT2D eigenvalue weighted by atomic mass is 9.87. The molecule has 0 bridgehead atoms. The summed E-state index contributed by atoms with van der Waals surface area (Å²) in [7, 11) is 0. The van der Waals surface area contributed by atoms with Gasteiger partial charge in [-0.1, -0.05) is 20.8 Å². The Kier molecular flexibility index (Phi) is 3.23. The molecule has 100 valence electrons. The minimum absolute atomic E-state index is 0.253. The highest BCUT2D eigenvalue weighted by molar-refractivity contribution is 7.11. The fourth-order valence-corrected chi connectivity index (χ4v) is 4.13. The molecule has 1 saturated carbocycles. The summed E-state index contributed by atoms with van der Waals surface area (Å²) in [5, 5.41) is 5.14. The summed E-state index contributed by atoms with van der Waals surface area (Å²) < 4.78 is 0. The van der Waals surface area contributed by atoms with Crippen molar-refractivity contribution in [1.82, 2.24) is 10.3 Å². The van der Waals surface area contributed by atoms with Crippen LogP contribution in [0.3, 0.4) is 0 Å². The van der Waals surface area contributed by atoms with E-state index < -0.39 is 0 Å². The van der Waals surface area contributed by atoms with Gasteiger partial charge in [0.25, 0.3) is 0 Å². The number of aromatic nitrogens is 1. The van der Waals surface area contributed by atoms with Crippen LogP contribution < -0.4 is 5.32 Å². The van der Waals surface area contributed by atoms with E-state index >= 15 is 0 Å². The average molecular weight is 264 g/mol. The van der Waals surface area contributed by atoms with Gasteiger partial charge < -0.3 is 5.32 Å². The molecule has 0 aromatic carbocycles. The minimum Gasteiger partial charge on any atom is -0.305 e. The Labute approximate surface area is 114 Å².